The third-order valence-electron chi connectivity index (χ3n) is 3.32. The van der Waals surface area contributed by atoms with Crippen LogP contribution in [0.1, 0.15) is 16.1 Å². The third kappa shape index (κ3) is 2.95. The van der Waals surface area contributed by atoms with Gasteiger partial charge in [-0.25, -0.2) is 4.98 Å². The first-order valence-corrected chi connectivity index (χ1v) is 7.69. The van der Waals surface area contributed by atoms with Crippen LogP contribution in [0, 0.1) is 18.3 Å². The number of nitrogens with zero attached hydrogens (tertiary/aromatic N) is 3. The molecule has 106 valence electrons. The molecule has 1 aromatic carbocycles. The lowest BCUT2D eigenvalue weighted by Gasteiger charge is -2.00. The summed E-state index contributed by atoms with van der Waals surface area (Å²) in [6.07, 6.45) is 5.37. The molecule has 0 bridgehead atoms. The van der Waals surface area contributed by atoms with Crippen LogP contribution in [0.2, 0.25) is 0 Å². The van der Waals surface area contributed by atoms with Gasteiger partial charge in [0.05, 0.1) is 11.3 Å². The van der Waals surface area contributed by atoms with Crippen LogP contribution < -0.4 is 0 Å². The molecule has 0 atom stereocenters. The average Bonchev–Trinajstić information content (AvgIpc) is 3.05. The van der Waals surface area contributed by atoms with Crippen LogP contribution in [-0.2, 0) is 0 Å². The molecule has 2 aromatic heterocycles. The van der Waals surface area contributed by atoms with Crippen LogP contribution in [0.4, 0.5) is 0 Å². The van der Waals surface area contributed by atoms with Crippen molar-refractivity contribution in [1.29, 1.82) is 5.26 Å². The second-order valence-electron chi connectivity index (χ2n) is 4.80. The summed E-state index contributed by atoms with van der Waals surface area (Å²) in [6, 6.07) is 14.1. The Morgan fingerprint density at radius 3 is 2.68 bits per heavy atom. The van der Waals surface area contributed by atoms with E-state index in [2.05, 4.69) is 16.0 Å². The molecule has 0 aliphatic rings. The van der Waals surface area contributed by atoms with Crippen molar-refractivity contribution in [3.8, 4) is 17.3 Å². The molecule has 0 unspecified atom stereocenters. The Hall–Kier alpha value is -2.77. The molecule has 3 nitrogen and oxygen atoms in total. The Morgan fingerprint density at radius 1 is 1.18 bits per heavy atom. The summed E-state index contributed by atoms with van der Waals surface area (Å²) in [5.74, 6) is 0. The maximum Gasteiger partial charge on any atom is 0.134 e. The van der Waals surface area contributed by atoms with Crippen molar-refractivity contribution in [2.75, 3.05) is 0 Å². The molecule has 0 aliphatic carbocycles. The zero-order valence-corrected chi connectivity index (χ0v) is 12.8. The van der Waals surface area contributed by atoms with Gasteiger partial charge in [-0.3, -0.25) is 4.98 Å². The third-order valence-corrected chi connectivity index (χ3v) is 4.20. The van der Waals surface area contributed by atoms with Gasteiger partial charge in [-0.2, -0.15) is 5.26 Å². The summed E-state index contributed by atoms with van der Waals surface area (Å²) in [5.41, 5.74) is 4.64. The number of nitriles is 1. The molecular formula is C18H13N3S. The second-order valence-corrected chi connectivity index (χ2v) is 5.66. The second kappa shape index (κ2) is 6.33. The largest absolute Gasteiger partial charge is 0.265 e. The number of allylic oxidation sites excluding steroid dienone is 1. The summed E-state index contributed by atoms with van der Waals surface area (Å²) in [5, 5.41) is 12.1. The van der Waals surface area contributed by atoms with Crippen LogP contribution in [0.15, 0.2) is 54.2 Å². The summed E-state index contributed by atoms with van der Waals surface area (Å²) >= 11 is 1.48. The zero-order valence-electron chi connectivity index (χ0n) is 12.0. The summed E-state index contributed by atoms with van der Waals surface area (Å²) in [6.45, 7) is 2.03. The van der Waals surface area contributed by atoms with Crippen molar-refractivity contribution >= 4 is 23.0 Å². The minimum atomic E-state index is 0.583. The molecule has 4 heteroatoms. The smallest absolute Gasteiger partial charge is 0.134 e. The molecule has 0 N–H and O–H groups in total. The lowest BCUT2D eigenvalue weighted by Crippen LogP contribution is -1.85. The van der Waals surface area contributed by atoms with Crippen molar-refractivity contribution in [2.24, 2.45) is 0 Å². The van der Waals surface area contributed by atoms with Gasteiger partial charge in [-0.15, -0.1) is 11.3 Å². The van der Waals surface area contributed by atoms with E-state index in [9.17, 15) is 5.26 Å². The molecule has 0 amide bonds. The van der Waals surface area contributed by atoms with Crippen LogP contribution in [-0.4, -0.2) is 9.97 Å². The minimum absolute atomic E-state index is 0.583. The van der Waals surface area contributed by atoms with Crippen molar-refractivity contribution in [1.82, 2.24) is 9.97 Å². The van der Waals surface area contributed by atoms with Gasteiger partial charge in [0, 0.05) is 23.3 Å². The highest BCUT2D eigenvalue weighted by Gasteiger charge is 2.09. The quantitative estimate of drug-likeness (QED) is 0.665. The van der Waals surface area contributed by atoms with Crippen LogP contribution >= 0.6 is 11.3 Å². The van der Waals surface area contributed by atoms with E-state index in [1.165, 1.54) is 11.3 Å². The van der Waals surface area contributed by atoms with E-state index in [-0.39, 0.29) is 0 Å². The van der Waals surface area contributed by atoms with Crippen molar-refractivity contribution in [3.63, 3.8) is 0 Å². The van der Waals surface area contributed by atoms with Crippen LogP contribution in [0.3, 0.4) is 0 Å². The highest BCUT2D eigenvalue weighted by molar-refractivity contribution is 7.11. The lowest BCUT2D eigenvalue weighted by molar-refractivity contribution is 1.31. The molecule has 3 rings (SSSR count). The summed E-state index contributed by atoms with van der Waals surface area (Å²) < 4.78 is 0. The van der Waals surface area contributed by atoms with E-state index in [4.69, 9.17) is 0 Å². The van der Waals surface area contributed by atoms with Gasteiger partial charge in [0.15, 0.2) is 0 Å². The first-order chi connectivity index (χ1) is 10.8. The minimum Gasteiger partial charge on any atom is -0.265 e. The lowest BCUT2D eigenvalue weighted by atomic mass is 10.1. The van der Waals surface area contributed by atoms with Crippen molar-refractivity contribution in [3.05, 3.63) is 70.3 Å². The molecule has 0 aliphatic heterocycles. The fourth-order valence-electron chi connectivity index (χ4n) is 2.10. The Balaban J connectivity index is 1.98. The van der Waals surface area contributed by atoms with E-state index in [1.807, 2.05) is 54.8 Å². The highest BCUT2D eigenvalue weighted by Crippen LogP contribution is 2.27. The number of aryl methyl sites for hydroxylation is 1. The van der Waals surface area contributed by atoms with E-state index >= 15 is 0 Å². The SMILES string of the molecule is Cc1ccccc1/C=C(\C#N)c1nc(-c2ccncc2)cs1. The molecule has 0 saturated heterocycles. The number of hydrogen-bond donors (Lipinski definition) is 0. The van der Waals surface area contributed by atoms with Crippen molar-refractivity contribution < 1.29 is 0 Å². The van der Waals surface area contributed by atoms with Gasteiger partial charge >= 0.3 is 0 Å². The van der Waals surface area contributed by atoms with Gasteiger partial charge in [0.1, 0.15) is 11.1 Å². The number of rotatable bonds is 3. The van der Waals surface area contributed by atoms with Gasteiger partial charge in [-0.05, 0) is 36.3 Å². The fourth-order valence-corrected chi connectivity index (χ4v) is 2.89. The Labute approximate surface area is 133 Å². The molecule has 0 radical (unpaired) electrons. The van der Waals surface area contributed by atoms with Gasteiger partial charge < -0.3 is 0 Å². The number of benzene rings is 1. The Kier molecular flexibility index (Phi) is 4.08. The molecule has 3 aromatic rings. The highest BCUT2D eigenvalue weighted by atomic mass is 32.1. The number of thiazole rings is 1. The average molecular weight is 303 g/mol. The van der Waals surface area contributed by atoms with Crippen LogP contribution in [0.25, 0.3) is 22.9 Å². The number of pyridine rings is 1. The monoisotopic (exact) mass is 303 g/mol. The first-order valence-electron chi connectivity index (χ1n) is 6.81. The van der Waals surface area contributed by atoms with Crippen LogP contribution in [0.5, 0.6) is 0 Å². The Bertz CT molecular complexity index is 857. The van der Waals surface area contributed by atoms with Gasteiger partial charge in [-0.1, -0.05) is 24.3 Å². The van der Waals surface area contributed by atoms with Crippen molar-refractivity contribution in [2.45, 2.75) is 6.92 Å². The summed E-state index contributed by atoms with van der Waals surface area (Å²) in [7, 11) is 0. The number of hydrogen-bond acceptors (Lipinski definition) is 4. The van der Waals surface area contributed by atoms with Gasteiger partial charge in [0.25, 0.3) is 0 Å². The van der Waals surface area contributed by atoms with E-state index < -0.39 is 0 Å². The number of aromatic nitrogens is 2. The van der Waals surface area contributed by atoms with E-state index in [0.717, 1.165) is 27.4 Å². The predicted molar refractivity (Wildman–Crippen MR) is 90.0 cm³/mol. The van der Waals surface area contributed by atoms with Gasteiger partial charge in [0.2, 0.25) is 0 Å². The normalized spacial score (nSPS) is 11.2. The molecule has 0 spiro atoms. The summed E-state index contributed by atoms with van der Waals surface area (Å²) in [4.78, 5) is 8.58. The topological polar surface area (TPSA) is 49.6 Å². The maximum absolute atomic E-state index is 9.45. The molecule has 0 saturated carbocycles. The zero-order chi connectivity index (χ0) is 15.4. The molecule has 0 fully saturated rings. The predicted octanol–water partition coefficient (Wildman–Crippen LogP) is 4.58. The fraction of sp³-hybridized carbons (Fsp3) is 0.0556. The van der Waals surface area contributed by atoms with E-state index in [0.29, 0.717) is 5.57 Å². The molecule has 22 heavy (non-hydrogen) atoms. The maximum atomic E-state index is 9.45. The molecular weight excluding hydrogens is 290 g/mol. The Morgan fingerprint density at radius 2 is 1.95 bits per heavy atom. The van der Waals surface area contributed by atoms with E-state index in [1.54, 1.807) is 12.4 Å². The molecule has 2 heterocycles. The first kappa shape index (κ1) is 14.2. The standard InChI is InChI=1S/C18H13N3S/c1-13-4-2-3-5-15(13)10-16(11-19)18-21-17(12-22-18)14-6-8-20-9-7-14/h2-10,12H,1H3/b16-10+.